The van der Waals surface area contributed by atoms with Crippen molar-refractivity contribution < 1.29 is 9.59 Å². The second-order valence-electron chi connectivity index (χ2n) is 6.48. The Labute approximate surface area is 119 Å². The fourth-order valence-electron chi connectivity index (χ4n) is 4.20. The molecular formula is C17H19NO2. The van der Waals surface area contributed by atoms with E-state index in [1.807, 2.05) is 18.2 Å². The second-order valence-corrected chi connectivity index (χ2v) is 6.48. The molecule has 20 heavy (non-hydrogen) atoms. The zero-order valence-electron chi connectivity index (χ0n) is 11.8. The van der Waals surface area contributed by atoms with Crippen LogP contribution < -0.4 is 4.90 Å². The van der Waals surface area contributed by atoms with Crippen LogP contribution >= 0.6 is 0 Å². The molecule has 0 N–H and O–H groups in total. The fraction of sp³-hybridized carbons (Fsp3) is 0.529. The molecule has 2 saturated carbocycles. The Morgan fingerprint density at radius 1 is 1.20 bits per heavy atom. The van der Waals surface area contributed by atoms with Gasteiger partial charge in [0.05, 0.1) is 6.42 Å². The molecule has 0 aromatic heterocycles. The van der Waals surface area contributed by atoms with Crippen LogP contribution in [0.3, 0.4) is 0 Å². The van der Waals surface area contributed by atoms with E-state index in [9.17, 15) is 9.59 Å². The number of hydrogen-bond acceptors (Lipinski definition) is 2. The highest BCUT2D eigenvalue weighted by molar-refractivity contribution is 6.04. The standard InChI is InChI=1S/C17H19NO2/c1-18-14-7-6-10(8-11(14)9-15(18)19)17(20)16-12-4-2-3-5-13(12)16/h6-8,12-13,16H,2-5,9H2,1H3. The SMILES string of the molecule is CN1C(=O)Cc2cc(C(=O)C3C4CCCCC43)ccc21. The van der Waals surface area contributed by atoms with Gasteiger partial charge in [-0.25, -0.2) is 0 Å². The summed E-state index contributed by atoms with van der Waals surface area (Å²) in [5, 5.41) is 0. The van der Waals surface area contributed by atoms with Crippen LogP contribution in [0.2, 0.25) is 0 Å². The zero-order valence-corrected chi connectivity index (χ0v) is 11.8. The summed E-state index contributed by atoms with van der Waals surface area (Å²) in [6.45, 7) is 0. The highest BCUT2D eigenvalue weighted by Gasteiger charge is 2.54. The third-order valence-corrected chi connectivity index (χ3v) is 5.40. The van der Waals surface area contributed by atoms with E-state index in [1.54, 1.807) is 11.9 Å². The largest absolute Gasteiger partial charge is 0.315 e. The topological polar surface area (TPSA) is 37.4 Å². The molecule has 2 unspecified atom stereocenters. The fourth-order valence-corrected chi connectivity index (χ4v) is 4.20. The number of Topliss-reactive ketones (excluding diaryl/α,β-unsaturated/α-hetero) is 1. The molecule has 0 radical (unpaired) electrons. The van der Waals surface area contributed by atoms with Crippen LogP contribution in [0.4, 0.5) is 5.69 Å². The van der Waals surface area contributed by atoms with Crippen molar-refractivity contribution >= 4 is 17.4 Å². The number of benzene rings is 1. The maximum Gasteiger partial charge on any atom is 0.231 e. The second kappa shape index (κ2) is 4.18. The average molecular weight is 269 g/mol. The third kappa shape index (κ3) is 1.65. The van der Waals surface area contributed by atoms with Gasteiger partial charge in [-0.15, -0.1) is 0 Å². The first-order valence-corrected chi connectivity index (χ1v) is 7.60. The van der Waals surface area contributed by atoms with Crippen molar-refractivity contribution in [3.05, 3.63) is 29.3 Å². The van der Waals surface area contributed by atoms with Crippen molar-refractivity contribution in [1.82, 2.24) is 0 Å². The van der Waals surface area contributed by atoms with E-state index >= 15 is 0 Å². The lowest BCUT2D eigenvalue weighted by atomic mass is 10.0. The van der Waals surface area contributed by atoms with Gasteiger partial charge in [-0.05, 0) is 48.4 Å². The molecule has 2 atom stereocenters. The molecular weight excluding hydrogens is 250 g/mol. The van der Waals surface area contributed by atoms with E-state index in [4.69, 9.17) is 0 Å². The van der Waals surface area contributed by atoms with Crippen molar-refractivity contribution in [2.24, 2.45) is 17.8 Å². The molecule has 1 amide bonds. The Balaban J connectivity index is 1.60. The van der Waals surface area contributed by atoms with E-state index in [0.717, 1.165) is 16.8 Å². The Morgan fingerprint density at radius 3 is 2.60 bits per heavy atom. The summed E-state index contributed by atoms with van der Waals surface area (Å²) in [7, 11) is 1.80. The van der Waals surface area contributed by atoms with E-state index < -0.39 is 0 Å². The molecule has 3 heteroatoms. The smallest absolute Gasteiger partial charge is 0.231 e. The van der Waals surface area contributed by atoms with Crippen molar-refractivity contribution in [3.63, 3.8) is 0 Å². The minimum atomic E-state index is 0.115. The maximum absolute atomic E-state index is 12.6. The molecule has 1 heterocycles. The lowest BCUT2D eigenvalue weighted by Gasteiger charge is -2.10. The number of fused-ring (bicyclic) bond motifs is 2. The lowest BCUT2D eigenvalue weighted by molar-refractivity contribution is -0.117. The summed E-state index contributed by atoms with van der Waals surface area (Å²) >= 11 is 0. The van der Waals surface area contributed by atoms with E-state index in [2.05, 4.69) is 0 Å². The minimum Gasteiger partial charge on any atom is -0.315 e. The number of hydrogen-bond donors (Lipinski definition) is 0. The van der Waals surface area contributed by atoms with Gasteiger partial charge < -0.3 is 4.90 Å². The van der Waals surface area contributed by atoms with Crippen molar-refractivity contribution in [3.8, 4) is 0 Å². The summed E-state index contributed by atoms with van der Waals surface area (Å²) in [6.07, 6.45) is 5.47. The summed E-state index contributed by atoms with van der Waals surface area (Å²) in [6, 6.07) is 5.78. The molecule has 3 aliphatic rings. The van der Waals surface area contributed by atoms with Gasteiger partial charge in [-0.2, -0.15) is 0 Å². The first-order valence-electron chi connectivity index (χ1n) is 7.60. The molecule has 0 saturated heterocycles. The molecule has 3 nitrogen and oxygen atoms in total. The summed E-state index contributed by atoms with van der Waals surface area (Å²) < 4.78 is 0. The van der Waals surface area contributed by atoms with Crippen LogP contribution in [-0.2, 0) is 11.2 Å². The quantitative estimate of drug-likeness (QED) is 0.774. The third-order valence-electron chi connectivity index (χ3n) is 5.40. The molecule has 0 spiro atoms. The number of ketones is 1. The van der Waals surface area contributed by atoms with Crippen LogP contribution in [0, 0.1) is 17.8 Å². The van der Waals surface area contributed by atoms with Crippen molar-refractivity contribution in [2.75, 3.05) is 11.9 Å². The normalized spacial score (nSPS) is 30.9. The van der Waals surface area contributed by atoms with Gasteiger partial charge in [0, 0.05) is 24.2 Å². The number of amides is 1. The number of likely N-dealkylation sites (N-methyl/N-ethyl adjacent to an activating group) is 1. The summed E-state index contributed by atoms with van der Waals surface area (Å²) in [5.41, 5.74) is 2.78. The maximum atomic E-state index is 12.6. The van der Waals surface area contributed by atoms with Gasteiger partial charge in [0.25, 0.3) is 0 Å². The molecule has 2 aliphatic carbocycles. The molecule has 1 aliphatic heterocycles. The van der Waals surface area contributed by atoms with E-state index in [1.165, 1.54) is 25.7 Å². The molecule has 1 aromatic rings. The van der Waals surface area contributed by atoms with Crippen LogP contribution in [0.25, 0.3) is 0 Å². The van der Waals surface area contributed by atoms with Gasteiger partial charge in [0.1, 0.15) is 0 Å². The zero-order chi connectivity index (χ0) is 13.9. The molecule has 4 rings (SSSR count). The minimum absolute atomic E-state index is 0.115. The molecule has 1 aromatic carbocycles. The number of nitrogens with zero attached hydrogens (tertiary/aromatic N) is 1. The monoisotopic (exact) mass is 269 g/mol. The Morgan fingerprint density at radius 2 is 1.90 bits per heavy atom. The van der Waals surface area contributed by atoms with Gasteiger partial charge >= 0.3 is 0 Å². The number of carbonyl (C=O) groups excluding carboxylic acids is 2. The van der Waals surface area contributed by atoms with Gasteiger partial charge in [0.15, 0.2) is 5.78 Å². The summed E-state index contributed by atoms with van der Waals surface area (Å²) in [5.74, 6) is 1.99. The van der Waals surface area contributed by atoms with Crippen LogP contribution in [0.5, 0.6) is 0 Å². The van der Waals surface area contributed by atoms with E-state index in [-0.39, 0.29) is 11.8 Å². The van der Waals surface area contributed by atoms with Gasteiger partial charge in [-0.3, -0.25) is 9.59 Å². The van der Waals surface area contributed by atoms with Crippen molar-refractivity contribution in [1.29, 1.82) is 0 Å². The van der Waals surface area contributed by atoms with Crippen molar-refractivity contribution in [2.45, 2.75) is 32.1 Å². The Bertz CT molecular complexity index is 595. The van der Waals surface area contributed by atoms with Gasteiger partial charge in [-0.1, -0.05) is 12.8 Å². The average Bonchev–Trinajstić information content (AvgIpc) is 3.12. The Hall–Kier alpha value is -1.64. The highest BCUT2D eigenvalue weighted by atomic mass is 16.2. The lowest BCUT2D eigenvalue weighted by Crippen LogP contribution is -2.20. The first-order chi connectivity index (χ1) is 9.66. The number of anilines is 1. The number of carbonyl (C=O) groups is 2. The number of rotatable bonds is 2. The van der Waals surface area contributed by atoms with Gasteiger partial charge in [0.2, 0.25) is 5.91 Å². The molecule has 2 fully saturated rings. The molecule has 0 bridgehead atoms. The first kappa shape index (κ1) is 12.1. The predicted octanol–water partition coefficient (Wildman–Crippen LogP) is 2.82. The van der Waals surface area contributed by atoms with Crippen LogP contribution in [0.15, 0.2) is 18.2 Å². The summed E-state index contributed by atoms with van der Waals surface area (Å²) in [4.78, 5) is 26.0. The highest BCUT2D eigenvalue weighted by Crippen LogP contribution is 2.56. The van der Waals surface area contributed by atoms with Crippen LogP contribution in [-0.4, -0.2) is 18.7 Å². The Kier molecular flexibility index (Phi) is 2.53. The molecule has 104 valence electrons. The van der Waals surface area contributed by atoms with E-state index in [0.29, 0.717) is 24.0 Å². The predicted molar refractivity (Wildman–Crippen MR) is 76.8 cm³/mol. The van der Waals surface area contributed by atoms with Crippen LogP contribution in [0.1, 0.15) is 41.6 Å².